The zero-order valence-electron chi connectivity index (χ0n) is 25.0. The molecule has 8 heteroatoms. The molecule has 0 radical (unpaired) electrons. The second-order valence-electron chi connectivity index (χ2n) is 11.8. The van der Waals surface area contributed by atoms with E-state index in [4.69, 9.17) is 14.2 Å². The number of allylic oxidation sites excluding steroid dienone is 1. The molecule has 0 aromatic rings. The number of Topliss-reactive ketones (excluding diaryl/α,β-unsaturated/α-hetero) is 2. The van der Waals surface area contributed by atoms with Crippen LogP contribution in [0.1, 0.15) is 130 Å². The van der Waals surface area contributed by atoms with Crippen molar-refractivity contribution in [2.75, 3.05) is 6.61 Å². The van der Waals surface area contributed by atoms with Crippen LogP contribution in [0.2, 0.25) is 0 Å². The van der Waals surface area contributed by atoms with Gasteiger partial charge in [0, 0.05) is 37.9 Å². The van der Waals surface area contributed by atoms with Gasteiger partial charge < -0.3 is 14.2 Å². The van der Waals surface area contributed by atoms with E-state index in [2.05, 4.69) is 0 Å². The van der Waals surface area contributed by atoms with Crippen LogP contribution in [0.5, 0.6) is 0 Å². The molecule has 1 aliphatic heterocycles. The molecule has 0 bridgehead atoms. The van der Waals surface area contributed by atoms with Gasteiger partial charge in [0.2, 0.25) is 5.78 Å². The van der Waals surface area contributed by atoms with Crippen LogP contribution < -0.4 is 0 Å². The Morgan fingerprint density at radius 2 is 1.80 bits per heavy atom. The lowest BCUT2D eigenvalue weighted by Crippen LogP contribution is -2.33. The minimum Gasteiger partial charge on any atom is -0.460 e. The number of hydrogen-bond donors (Lipinski definition) is 0. The highest BCUT2D eigenvalue weighted by Gasteiger charge is 2.45. The molecule has 40 heavy (non-hydrogen) atoms. The molecule has 1 saturated carbocycles. The molecule has 1 aliphatic carbocycles. The Balaban J connectivity index is 1.86. The molecule has 6 nitrogen and oxygen atoms in total. The second-order valence-corrected chi connectivity index (χ2v) is 11.8. The molecule has 230 valence electrons. The van der Waals surface area contributed by atoms with Crippen molar-refractivity contribution in [3.8, 4) is 0 Å². The summed E-state index contributed by atoms with van der Waals surface area (Å²) in [6, 6.07) is 0. The van der Waals surface area contributed by atoms with Crippen LogP contribution in [0.25, 0.3) is 0 Å². The molecule has 1 saturated heterocycles. The van der Waals surface area contributed by atoms with Crippen molar-refractivity contribution in [2.45, 2.75) is 154 Å². The van der Waals surface area contributed by atoms with Gasteiger partial charge in [0.1, 0.15) is 5.78 Å². The first-order chi connectivity index (χ1) is 19.1. The van der Waals surface area contributed by atoms with Gasteiger partial charge in [0.25, 0.3) is 0 Å². The largest absolute Gasteiger partial charge is 0.460 e. The number of carbonyl (C=O) groups is 3. The Hall–Kier alpha value is -1.67. The summed E-state index contributed by atoms with van der Waals surface area (Å²) in [6.07, 6.45) is 13.1. The summed E-state index contributed by atoms with van der Waals surface area (Å²) < 4.78 is 46.1. The molecule has 0 aromatic heterocycles. The molecule has 0 amide bonds. The van der Waals surface area contributed by atoms with Crippen molar-refractivity contribution >= 4 is 17.5 Å². The SMILES string of the molecule is CCCCCCC(F)(F)C(=O)CC[C@H]1C(OC2CCCCO2)CC(=O)C1CCCCCC/C=C/C(=O)OC(C)C. The lowest BCUT2D eigenvalue weighted by molar-refractivity contribution is -0.196. The first-order valence-corrected chi connectivity index (χ1v) is 15.7. The van der Waals surface area contributed by atoms with Crippen LogP contribution in [0.4, 0.5) is 8.78 Å². The number of hydrogen-bond acceptors (Lipinski definition) is 6. The molecule has 0 N–H and O–H groups in total. The molecule has 2 fully saturated rings. The van der Waals surface area contributed by atoms with E-state index in [9.17, 15) is 23.2 Å². The first-order valence-electron chi connectivity index (χ1n) is 15.7. The van der Waals surface area contributed by atoms with Crippen LogP contribution in [0, 0.1) is 11.8 Å². The van der Waals surface area contributed by atoms with Crippen molar-refractivity contribution in [3.05, 3.63) is 12.2 Å². The number of esters is 1. The molecule has 2 rings (SSSR count). The van der Waals surface area contributed by atoms with E-state index in [1.54, 1.807) is 0 Å². The quantitative estimate of drug-likeness (QED) is 0.0841. The summed E-state index contributed by atoms with van der Waals surface area (Å²) >= 11 is 0. The average molecular weight is 571 g/mol. The molecular formula is C32H52F2O6. The number of rotatable bonds is 20. The van der Waals surface area contributed by atoms with E-state index in [1.165, 1.54) is 6.08 Å². The minimum atomic E-state index is -3.31. The van der Waals surface area contributed by atoms with E-state index < -0.39 is 18.1 Å². The predicted octanol–water partition coefficient (Wildman–Crippen LogP) is 7.91. The lowest BCUT2D eigenvalue weighted by atomic mass is 9.84. The fourth-order valence-corrected chi connectivity index (χ4v) is 5.75. The van der Waals surface area contributed by atoms with Crippen molar-refractivity contribution in [1.29, 1.82) is 0 Å². The fraction of sp³-hybridized carbons (Fsp3) is 0.844. The van der Waals surface area contributed by atoms with Crippen molar-refractivity contribution in [2.24, 2.45) is 11.8 Å². The normalized spacial score (nSPS) is 23.8. The van der Waals surface area contributed by atoms with Gasteiger partial charge in [-0.25, -0.2) is 4.79 Å². The third kappa shape index (κ3) is 12.9. The highest BCUT2D eigenvalue weighted by atomic mass is 19.3. The topological polar surface area (TPSA) is 78.9 Å². The van der Waals surface area contributed by atoms with Gasteiger partial charge in [0.15, 0.2) is 6.29 Å². The van der Waals surface area contributed by atoms with E-state index in [0.29, 0.717) is 25.9 Å². The summed E-state index contributed by atoms with van der Waals surface area (Å²) in [7, 11) is 0. The average Bonchev–Trinajstić information content (AvgIpc) is 3.20. The van der Waals surface area contributed by atoms with Gasteiger partial charge in [-0.2, -0.15) is 8.78 Å². The Kier molecular flexibility index (Phi) is 16.1. The first kappa shape index (κ1) is 34.5. The molecular weight excluding hydrogens is 518 g/mol. The molecule has 1 heterocycles. The Morgan fingerprint density at radius 1 is 1.05 bits per heavy atom. The fourth-order valence-electron chi connectivity index (χ4n) is 5.75. The maximum absolute atomic E-state index is 14.5. The van der Waals surface area contributed by atoms with Crippen molar-refractivity contribution in [3.63, 3.8) is 0 Å². The monoisotopic (exact) mass is 570 g/mol. The van der Waals surface area contributed by atoms with Gasteiger partial charge in [-0.1, -0.05) is 51.5 Å². The summed E-state index contributed by atoms with van der Waals surface area (Å²) in [4.78, 5) is 37.1. The highest BCUT2D eigenvalue weighted by molar-refractivity contribution is 5.86. The van der Waals surface area contributed by atoms with Crippen molar-refractivity contribution < 1.29 is 37.4 Å². The zero-order chi connectivity index (χ0) is 29.4. The number of alkyl halides is 2. The number of carbonyl (C=O) groups excluding carboxylic acids is 3. The van der Waals surface area contributed by atoms with Crippen LogP contribution >= 0.6 is 0 Å². The predicted molar refractivity (Wildman–Crippen MR) is 151 cm³/mol. The van der Waals surface area contributed by atoms with Gasteiger partial charge in [-0.3, -0.25) is 9.59 Å². The molecule has 2 aliphatic rings. The highest BCUT2D eigenvalue weighted by Crippen LogP contribution is 2.40. The zero-order valence-corrected chi connectivity index (χ0v) is 25.0. The molecule has 0 aromatic carbocycles. The number of ketones is 2. The van der Waals surface area contributed by atoms with Gasteiger partial charge in [-0.05, 0) is 71.1 Å². The third-order valence-corrected chi connectivity index (χ3v) is 7.97. The van der Waals surface area contributed by atoms with E-state index in [-0.39, 0.29) is 61.3 Å². The summed E-state index contributed by atoms with van der Waals surface area (Å²) in [5, 5.41) is 0. The minimum absolute atomic E-state index is 0.108. The van der Waals surface area contributed by atoms with Crippen LogP contribution in [-0.2, 0) is 28.6 Å². The molecule has 4 atom stereocenters. The smallest absolute Gasteiger partial charge is 0.330 e. The summed E-state index contributed by atoms with van der Waals surface area (Å²) in [5.74, 6) is -5.06. The van der Waals surface area contributed by atoms with Crippen molar-refractivity contribution in [1.82, 2.24) is 0 Å². The molecule has 0 spiro atoms. The molecule has 3 unspecified atom stereocenters. The Labute approximate surface area is 240 Å². The van der Waals surface area contributed by atoms with Gasteiger partial charge in [-0.15, -0.1) is 0 Å². The number of ether oxygens (including phenoxy) is 3. The summed E-state index contributed by atoms with van der Waals surface area (Å²) in [6.45, 7) is 6.26. The van der Waals surface area contributed by atoms with E-state index in [1.807, 2.05) is 26.8 Å². The lowest BCUT2D eigenvalue weighted by Gasteiger charge is -2.30. The van der Waals surface area contributed by atoms with Gasteiger partial charge >= 0.3 is 11.9 Å². The maximum atomic E-state index is 14.5. The van der Waals surface area contributed by atoms with E-state index in [0.717, 1.165) is 64.2 Å². The standard InChI is InChI=1S/C32H52F2O6/c1-4-5-6-14-21-32(33,34)29(36)20-19-26-25(27(35)23-28(26)40-31-18-13-15-22-38-31)16-11-9-7-8-10-12-17-30(37)39-24(2)3/h12,17,24-26,28,31H,4-11,13-16,18-23H2,1-3H3/b17-12+/t25?,26-,28?,31?/m1/s1. The van der Waals surface area contributed by atoms with Crippen LogP contribution in [0.3, 0.4) is 0 Å². The van der Waals surface area contributed by atoms with E-state index >= 15 is 0 Å². The maximum Gasteiger partial charge on any atom is 0.330 e. The van der Waals surface area contributed by atoms with Crippen LogP contribution in [-0.4, -0.2) is 48.6 Å². The second kappa shape index (κ2) is 18.7. The Morgan fingerprint density at radius 3 is 2.50 bits per heavy atom. The third-order valence-electron chi connectivity index (χ3n) is 7.97. The van der Waals surface area contributed by atoms with Crippen LogP contribution in [0.15, 0.2) is 12.2 Å². The Bertz CT molecular complexity index is 790. The number of halogens is 2. The van der Waals surface area contributed by atoms with Gasteiger partial charge in [0.05, 0.1) is 12.2 Å². The number of unbranched alkanes of at least 4 members (excludes halogenated alkanes) is 7. The summed E-state index contributed by atoms with van der Waals surface area (Å²) in [5.41, 5.74) is 0.